The molecule has 3 nitrogen and oxygen atoms in total. The third-order valence-corrected chi connectivity index (χ3v) is 2.30. The van der Waals surface area contributed by atoms with Crippen molar-refractivity contribution in [2.75, 3.05) is 0 Å². The summed E-state index contributed by atoms with van der Waals surface area (Å²) in [6, 6.07) is 5.56. The molecule has 0 heterocycles. The molecular weight excluding hydrogens is 207 g/mol. The van der Waals surface area contributed by atoms with E-state index in [1.807, 2.05) is 0 Å². The minimum absolute atomic E-state index is 0. The Labute approximate surface area is 98.6 Å². The van der Waals surface area contributed by atoms with Gasteiger partial charge in [-0.25, -0.2) is 0 Å². The maximum Gasteiger partial charge on any atom is 0.294 e. The summed E-state index contributed by atoms with van der Waals surface area (Å²) in [4.78, 5) is 0.535. The first-order chi connectivity index (χ1) is 5.00. The molecule has 0 bridgehead atoms. The van der Waals surface area contributed by atoms with Gasteiger partial charge in [0.2, 0.25) is 0 Å². The Kier molecular flexibility index (Phi) is 4.83. The van der Waals surface area contributed by atoms with Gasteiger partial charge in [-0.2, -0.15) is 8.42 Å². The summed E-state index contributed by atoms with van der Waals surface area (Å²) in [6.07, 6.45) is 0. The summed E-state index contributed by atoms with van der Waals surface area (Å²) in [5, 5.41) is 0. The quantitative estimate of drug-likeness (QED) is 0.413. The first-order valence-corrected chi connectivity index (χ1v) is 4.65. The van der Waals surface area contributed by atoms with Crippen LogP contribution in [0.15, 0.2) is 34.1 Å². The predicted molar refractivity (Wildman–Crippen MR) is 49.3 cm³/mol. The average Bonchev–Trinajstić information content (AvgIpc) is 1.86. The van der Waals surface area contributed by atoms with E-state index in [-0.39, 0.29) is 34.5 Å². The molecule has 0 aliphatic heterocycles. The zero-order chi connectivity index (χ0) is 8.48. The fourth-order valence-corrected chi connectivity index (χ4v) is 1.25. The van der Waals surface area contributed by atoms with Crippen LogP contribution < -0.4 is 0 Å². The summed E-state index contributed by atoms with van der Waals surface area (Å²) in [5.41, 5.74) is 0. The van der Waals surface area contributed by atoms with E-state index in [0.717, 1.165) is 0 Å². The molecule has 0 fully saturated rings. The largest absolute Gasteiger partial charge is 0.294 e. The van der Waals surface area contributed by atoms with Crippen LogP contribution in [0.1, 0.15) is 0 Å². The Morgan fingerprint density at radius 1 is 1.17 bits per heavy atom. The van der Waals surface area contributed by atoms with Crippen LogP contribution in [-0.2, 0) is 10.1 Å². The standard InChI is InChI=1S/C6H6O3S2.Na/c7-11(8,9)6-3-1-5(10)2-4-6;/h1-4,10H,(H,7,8,9);. The van der Waals surface area contributed by atoms with Gasteiger partial charge in [0.15, 0.2) is 0 Å². The average molecular weight is 213 g/mol. The minimum atomic E-state index is -4.05. The summed E-state index contributed by atoms with van der Waals surface area (Å²) >= 11 is 3.95. The molecule has 1 radical (unpaired) electrons. The summed E-state index contributed by atoms with van der Waals surface area (Å²) < 4.78 is 29.5. The van der Waals surface area contributed by atoms with Gasteiger partial charge in [0.05, 0.1) is 4.90 Å². The molecule has 1 rings (SSSR count). The van der Waals surface area contributed by atoms with Crippen LogP contribution in [0.4, 0.5) is 0 Å². The SMILES string of the molecule is O=S(=O)(O)c1ccc(S)cc1.[Na]. The second-order valence-corrected chi connectivity index (χ2v) is 3.91. The summed E-state index contributed by atoms with van der Waals surface area (Å²) in [7, 11) is -4.05. The molecule has 0 aliphatic carbocycles. The normalized spacial score (nSPS) is 10.5. The van der Waals surface area contributed by atoms with Crippen molar-refractivity contribution in [2.24, 2.45) is 0 Å². The third kappa shape index (κ3) is 3.47. The molecule has 0 saturated heterocycles. The van der Waals surface area contributed by atoms with Crippen LogP contribution in [0.2, 0.25) is 0 Å². The maximum absolute atomic E-state index is 10.5. The van der Waals surface area contributed by atoms with Gasteiger partial charge >= 0.3 is 0 Å². The van der Waals surface area contributed by atoms with Crippen molar-refractivity contribution in [1.29, 1.82) is 0 Å². The van der Waals surface area contributed by atoms with Gasteiger partial charge in [0, 0.05) is 34.5 Å². The molecule has 0 aliphatic rings. The minimum Gasteiger partial charge on any atom is -0.282 e. The molecule has 0 aromatic heterocycles. The van der Waals surface area contributed by atoms with Gasteiger partial charge in [0.25, 0.3) is 10.1 Å². The van der Waals surface area contributed by atoms with Crippen LogP contribution in [0.3, 0.4) is 0 Å². The second kappa shape index (κ2) is 4.64. The van der Waals surface area contributed by atoms with Gasteiger partial charge < -0.3 is 0 Å². The Bertz CT molecular complexity index is 344. The summed E-state index contributed by atoms with van der Waals surface area (Å²) in [6.45, 7) is 0. The molecule has 0 unspecified atom stereocenters. The topological polar surface area (TPSA) is 54.4 Å². The zero-order valence-electron chi connectivity index (χ0n) is 6.43. The number of hydrogen-bond acceptors (Lipinski definition) is 3. The van der Waals surface area contributed by atoms with Crippen LogP contribution in [0, 0.1) is 0 Å². The van der Waals surface area contributed by atoms with E-state index in [0.29, 0.717) is 4.90 Å². The Morgan fingerprint density at radius 2 is 1.58 bits per heavy atom. The van der Waals surface area contributed by atoms with E-state index in [9.17, 15) is 8.42 Å². The van der Waals surface area contributed by atoms with E-state index >= 15 is 0 Å². The van der Waals surface area contributed by atoms with Crippen LogP contribution in [-0.4, -0.2) is 42.5 Å². The van der Waals surface area contributed by atoms with Crippen LogP contribution in [0.5, 0.6) is 0 Å². The van der Waals surface area contributed by atoms with E-state index < -0.39 is 10.1 Å². The van der Waals surface area contributed by atoms with Gasteiger partial charge in [-0.1, -0.05) is 0 Å². The number of rotatable bonds is 1. The Morgan fingerprint density at radius 3 is 1.92 bits per heavy atom. The van der Waals surface area contributed by atoms with Crippen molar-refractivity contribution in [2.45, 2.75) is 9.79 Å². The van der Waals surface area contributed by atoms with E-state index in [1.54, 1.807) is 0 Å². The summed E-state index contributed by atoms with van der Waals surface area (Å²) in [5.74, 6) is 0. The molecule has 0 saturated carbocycles. The Balaban J connectivity index is 0.00000121. The number of hydrogen-bond donors (Lipinski definition) is 2. The number of thiol groups is 1. The fourth-order valence-electron chi connectivity index (χ4n) is 0.618. The molecule has 1 N–H and O–H groups in total. The molecular formula is C6H6NaO3S2. The molecule has 12 heavy (non-hydrogen) atoms. The predicted octanol–water partition coefficient (Wildman–Crippen LogP) is 0.841. The van der Waals surface area contributed by atoms with Gasteiger partial charge in [-0.15, -0.1) is 12.6 Å². The second-order valence-electron chi connectivity index (χ2n) is 1.97. The van der Waals surface area contributed by atoms with Crippen molar-refractivity contribution in [3.63, 3.8) is 0 Å². The van der Waals surface area contributed by atoms with E-state index in [1.165, 1.54) is 24.3 Å². The molecule has 0 spiro atoms. The molecule has 1 aromatic carbocycles. The van der Waals surface area contributed by atoms with Crippen molar-refractivity contribution in [3.05, 3.63) is 24.3 Å². The van der Waals surface area contributed by atoms with E-state index in [2.05, 4.69) is 12.6 Å². The maximum atomic E-state index is 10.5. The first kappa shape index (κ1) is 12.5. The Hall–Kier alpha value is 0.480. The molecule has 1 aromatic rings. The smallest absolute Gasteiger partial charge is 0.282 e. The van der Waals surface area contributed by atoms with Gasteiger partial charge in [0.1, 0.15) is 0 Å². The van der Waals surface area contributed by atoms with Crippen molar-refractivity contribution in [1.82, 2.24) is 0 Å². The molecule has 61 valence electrons. The molecule has 0 amide bonds. The van der Waals surface area contributed by atoms with Crippen LogP contribution >= 0.6 is 12.6 Å². The van der Waals surface area contributed by atoms with Crippen molar-refractivity contribution < 1.29 is 13.0 Å². The van der Waals surface area contributed by atoms with Gasteiger partial charge in [-0.3, -0.25) is 4.55 Å². The van der Waals surface area contributed by atoms with Crippen molar-refractivity contribution in [3.8, 4) is 0 Å². The monoisotopic (exact) mass is 213 g/mol. The molecule has 0 atom stereocenters. The first-order valence-electron chi connectivity index (χ1n) is 2.77. The molecule has 6 heteroatoms. The van der Waals surface area contributed by atoms with Gasteiger partial charge in [-0.05, 0) is 24.3 Å². The van der Waals surface area contributed by atoms with Crippen molar-refractivity contribution >= 4 is 52.3 Å². The van der Waals surface area contributed by atoms with Crippen LogP contribution in [0.25, 0.3) is 0 Å². The van der Waals surface area contributed by atoms with E-state index in [4.69, 9.17) is 4.55 Å². The third-order valence-electron chi connectivity index (χ3n) is 1.13. The number of benzene rings is 1. The fraction of sp³-hybridized carbons (Fsp3) is 0. The zero-order valence-corrected chi connectivity index (χ0v) is 10.1.